The highest BCUT2D eigenvalue weighted by molar-refractivity contribution is 7.11. The van der Waals surface area contributed by atoms with E-state index in [0.717, 1.165) is 27.8 Å². The summed E-state index contributed by atoms with van der Waals surface area (Å²) < 4.78 is 4.20. The molecule has 17 heavy (non-hydrogen) atoms. The van der Waals surface area contributed by atoms with Gasteiger partial charge >= 0.3 is 0 Å². The molecule has 0 bridgehead atoms. The largest absolute Gasteiger partial charge is 0.382 e. The molecule has 2 aromatic heterocycles. The average molecular weight is 268 g/mol. The Labute approximate surface area is 109 Å². The third-order valence-corrected chi connectivity index (χ3v) is 3.86. The summed E-state index contributed by atoms with van der Waals surface area (Å²) in [6.45, 7) is 7.25. The molecule has 3 N–H and O–H groups in total. The summed E-state index contributed by atoms with van der Waals surface area (Å²) >= 11 is 3.03. The van der Waals surface area contributed by atoms with Crippen LogP contribution in [0.3, 0.4) is 0 Å². The fourth-order valence-electron chi connectivity index (χ4n) is 1.45. The van der Waals surface area contributed by atoms with E-state index in [0.29, 0.717) is 11.7 Å². The van der Waals surface area contributed by atoms with Crippen LogP contribution in [-0.2, 0) is 0 Å². The Morgan fingerprint density at radius 2 is 2.24 bits per heavy atom. The van der Waals surface area contributed by atoms with E-state index in [9.17, 15) is 0 Å². The molecule has 0 aliphatic rings. The topological polar surface area (TPSA) is 63.8 Å². The Kier molecular flexibility index (Phi) is 3.63. The van der Waals surface area contributed by atoms with Crippen molar-refractivity contribution < 1.29 is 0 Å². The van der Waals surface area contributed by atoms with Crippen molar-refractivity contribution in [3.8, 4) is 11.3 Å². The monoisotopic (exact) mass is 268 g/mol. The summed E-state index contributed by atoms with van der Waals surface area (Å²) in [7, 11) is 0. The van der Waals surface area contributed by atoms with E-state index in [1.54, 1.807) is 11.3 Å². The predicted octanol–water partition coefficient (Wildman–Crippen LogP) is 3.23. The van der Waals surface area contributed by atoms with Gasteiger partial charge in [0, 0.05) is 11.9 Å². The van der Waals surface area contributed by atoms with E-state index < -0.39 is 0 Å². The van der Waals surface area contributed by atoms with Crippen molar-refractivity contribution in [2.75, 3.05) is 17.6 Å². The fraction of sp³-hybridized carbons (Fsp3) is 0.455. The molecule has 4 nitrogen and oxygen atoms in total. The highest BCUT2D eigenvalue weighted by Gasteiger charge is 2.16. The molecule has 2 rings (SSSR count). The molecular weight excluding hydrogens is 252 g/mol. The molecular formula is C11H16N4S2. The van der Waals surface area contributed by atoms with Gasteiger partial charge in [-0.2, -0.15) is 4.37 Å². The van der Waals surface area contributed by atoms with Crippen LogP contribution in [0.1, 0.15) is 18.9 Å². The third-order valence-electron chi connectivity index (χ3n) is 2.26. The summed E-state index contributed by atoms with van der Waals surface area (Å²) in [5, 5.41) is 7.46. The van der Waals surface area contributed by atoms with Crippen LogP contribution in [0.25, 0.3) is 11.3 Å². The molecule has 0 aliphatic heterocycles. The van der Waals surface area contributed by atoms with Gasteiger partial charge in [-0.25, -0.2) is 4.98 Å². The van der Waals surface area contributed by atoms with Gasteiger partial charge in [0.2, 0.25) is 0 Å². The van der Waals surface area contributed by atoms with E-state index in [2.05, 4.69) is 28.5 Å². The van der Waals surface area contributed by atoms with Gasteiger partial charge in [0.25, 0.3) is 0 Å². The molecule has 0 spiro atoms. The number of hydrogen-bond donors (Lipinski definition) is 2. The number of anilines is 2. The van der Waals surface area contributed by atoms with Crippen molar-refractivity contribution >= 4 is 33.7 Å². The SMILES string of the molecule is Cc1nc(-c2c(N)nsc2NCC(C)C)cs1. The zero-order valence-electron chi connectivity index (χ0n) is 10.2. The molecule has 92 valence electrons. The van der Waals surface area contributed by atoms with Crippen LogP contribution >= 0.6 is 22.9 Å². The first-order valence-corrected chi connectivity index (χ1v) is 7.14. The summed E-state index contributed by atoms with van der Waals surface area (Å²) in [6, 6.07) is 0. The Balaban J connectivity index is 2.29. The second kappa shape index (κ2) is 5.01. The minimum atomic E-state index is 0.562. The van der Waals surface area contributed by atoms with Gasteiger partial charge in [0.1, 0.15) is 10.8 Å². The van der Waals surface area contributed by atoms with Gasteiger partial charge in [-0.1, -0.05) is 13.8 Å². The Bertz CT molecular complexity index is 501. The van der Waals surface area contributed by atoms with Crippen molar-refractivity contribution in [2.45, 2.75) is 20.8 Å². The van der Waals surface area contributed by atoms with E-state index >= 15 is 0 Å². The summed E-state index contributed by atoms with van der Waals surface area (Å²) in [4.78, 5) is 4.47. The lowest BCUT2D eigenvalue weighted by Gasteiger charge is -2.07. The van der Waals surface area contributed by atoms with Gasteiger partial charge < -0.3 is 11.1 Å². The molecule has 0 saturated carbocycles. The summed E-state index contributed by atoms with van der Waals surface area (Å²) in [5.74, 6) is 1.15. The molecule has 0 aliphatic carbocycles. The van der Waals surface area contributed by atoms with E-state index in [1.807, 2.05) is 12.3 Å². The Hall–Kier alpha value is -1.14. The number of nitrogens with two attached hydrogens (primary N) is 1. The number of thiazole rings is 1. The predicted molar refractivity (Wildman–Crippen MR) is 75.7 cm³/mol. The number of nitrogens with zero attached hydrogens (tertiary/aromatic N) is 2. The van der Waals surface area contributed by atoms with Crippen LogP contribution in [0.5, 0.6) is 0 Å². The molecule has 0 unspecified atom stereocenters. The van der Waals surface area contributed by atoms with Crippen LogP contribution in [-0.4, -0.2) is 15.9 Å². The molecule has 0 radical (unpaired) electrons. The van der Waals surface area contributed by atoms with Crippen LogP contribution in [0.2, 0.25) is 0 Å². The maximum atomic E-state index is 5.91. The zero-order valence-corrected chi connectivity index (χ0v) is 11.8. The van der Waals surface area contributed by atoms with Crippen LogP contribution in [0.15, 0.2) is 5.38 Å². The average Bonchev–Trinajstić information content (AvgIpc) is 2.82. The van der Waals surface area contributed by atoms with Crippen molar-refractivity contribution in [3.05, 3.63) is 10.4 Å². The molecule has 2 heterocycles. The summed E-state index contributed by atoms with van der Waals surface area (Å²) in [5.41, 5.74) is 7.78. The minimum Gasteiger partial charge on any atom is -0.382 e. The third kappa shape index (κ3) is 2.76. The maximum Gasteiger partial charge on any atom is 0.148 e. The highest BCUT2D eigenvalue weighted by Crippen LogP contribution is 2.37. The van der Waals surface area contributed by atoms with Gasteiger partial charge in [0.05, 0.1) is 16.3 Å². The van der Waals surface area contributed by atoms with Gasteiger partial charge in [0.15, 0.2) is 0 Å². The van der Waals surface area contributed by atoms with Crippen molar-refractivity contribution in [2.24, 2.45) is 5.92 Å². The molecule has 0 aromatic carbocycles. The lowest BCUT2D eigenvalue weighted by Crippen LogP contribution is -2.07. The fourth-order valence-corrected chi connectivity index (χ4v) is 2.78. The van der Waals surface area contributed by atoms with Crippen molar-refractivity contribution in [1.29, 1.82) is 0 Å². The van der Waals surface area contributed by atoms with E-state index in [4.69, 9.17) is 5.73 Å². The van der Waals surface area contributed by atoms with E-state index in [1.165, 1.54) is 11.5 Å². The van der Waals surface area contributed by atoms with Crippen LogP contribution in [0, 0.1) is 12.8 Å². The van der Waals surface area contributed by atoms with Gasteiger partial charge in [-0.3, -0.25) is 0 Å². The number of hydrogen-bond acceptors (Lipinski definition) is 6. The van der Waals surface area contributed by atoms with Crippen molar-refractivity contribution in [1.82, 2.24) is 9.36 Å². The Morgan fingerprint density at radius 1 is 1.47 bits per heavy atom. The molecule has 0 amide bonds. The molecule has 6 heteroatoms. The normalized spacial score (nSPS) is 11.1. The minimum absolute atomic E-state index is 0.562. The first kappa shape index (κ1) is 12.3. The number of aromatic nitrogens is 2. The maximum absolute atomic E-state index is 5.91. The smallest absolute Gasteiger partial charge is 0.148 e. The number of aryl methyl sites for hydroxylation is 1. The second-order valence-corrected chi connectivity index (χ2v) is 6.13. The zero-order chi connectivity index (χ0) is 12.4. The highest BCUT2D eigenvalue weighted by atomic mass is 32.1. The first-order chi connectivity index (χ1) is 8.08. The van der Waals surface area contributed by atoms with Crippen LogP contribution in [0.4, 0.5) is 10.8 Å². The molecule has 0 saturated heterocycles. The standard InChI is InChI=1S/C11H16N4S2/c1-6(2)4-13-11-9(10(12)15-17-11)8-5-16-7(3)14-8/h5-6,13H,4H2,1-3H3,(H2,12,15). The number of rotatable bonds is 4. The Morgan fingerprint density at radius 3 is 2.82 bits per heavy atom. The second-order valence-electron chi connectivity index (χ2n) is 4.30. The molecule has 0 atom stereocenters. The van der Waals surface area contributed by atoms with E-state index in [-0.39, 0.29) is 0 Å². The van der Waals surface area contributed by atoms with Crippen molar-refractivity contribution in [3.63, 3.8) is 0 Å². The lowest BCUT2D eigenvalue weighted by molar-refractivity contribution is 0.690. The van der Waals surface area contributed by atoms with Gasteiger partial charge in [-0.15, -0.1) is 11.3 Å². The molecule has 0 fully saturated rings. The molecule has 2 aromatic rings. The summed E-state index contributed by atoms with van der Waals surface area (Å²) in [6.07, 6.45) is 0. The lowest BCUT2D eigenvalue weighted by atomic mass is 10.2. The number of nitrogen functional groups attached to an aromatic ring is 1. The first-order valence-electron chi connectivity index (χ1n) is 5.49. The van der Waals surface area contributed by atoms with Gasteiger partial charge in [-0.05, 0) is 24.4 Å². The van der Waals surface area contributed by atoms with Crippen LogP contribution < -0.4 is 11.1 Å². The number of nitrogens with one attached hydrogen (secondary N) is 1. The quantitative estimate of drug-likeness (QED) is 0.893.